The second-order valence-electron chi connectivity index (χ2n) is 3.69. The molecule has 0 aliphatic rings. The van der Waals surface area contributed by atoms with Crippen molar-refractivity contribution in [2.45, 2.75) is 0 Å². The fourth-order valence-electron chi connectivity index (χ4n) is 1.90. The van der Waals surface area contributed by atoms with Gasteiger partial charge >= 0.3 is 0 Å². The highest BCUT2D eigenvalue weighted by molar-refractivity contribution is 7.08. The van der Waals surface area contributed by atoms with Gasteiger partial charge in [-0.3, -0.25) is 4.79 Å². The molecule has 84 valence electrons. The minimum absolute atomic E-state index is 0.508. The van der Waals surface area contributed by atoms with E-state index in [0.717, 1.165) is 22.9 Å². The third kappa shape index (κ3) is 1.59. The highest BCUT2D eigenvalue weighted by Gasteiger charge is 2.10. The molecule has 0 unspecified atom stereocenters. The van der Waals surface area contributed by atoms with E-state index in [4.69, 9.17) is 11.6 Å². The summed E-state index contributed by atoms with van der Waals surface area (Å²) in [5.74, 6) is 0. The number of halogens is 1. The average molecular weight is 262 g/mol. The number of benzene rings is 1. The molecule has 0 fully saturated rings. The fourth-order valence-corrected chi connectivity index (χ4v) is 2.84. The zero-order valence-electron chi connectivity index (χ0n) is 8.76. The summed E-state index contributed by atoms with van der Waals surface area (Å²) in [6, 6.07) is 7.67. The number of carbonyl (C=O) groups is 1. The Morgan fingerprint density at radius 2 is 2.12 bits per heavy atom. The summed E-state index contributed by atoms with van der Waals surface area (Å²) in [4.78, 5) is 10.9. The first-order valence-corrected chi connectivity index (χ1v) is 6.40. The number of thiophene rings is 1. The SMILES string of the molecule is O=Cc1ccc2ccn(-c3ccsc3)c2c1Cl. The van der Waals surface area contributed by atoms with Crippen LogP contribution >= 0.6 is 22.9 Å². The zero-order valence-corrected chi connectivity index (χ0v) is 10.3. The number of fused-ring (bicyclic) bond motifs is 1. The summed E-state index contributed by atoms with van der Waals surface area (Å²) in [6.45, 7) is 0. The first-order valence-electron chi connectivity index (χ1n) is 5.08. The maximum absolute atomic E-state index is 10.9. The molecule has 2 nitrogen and oxygen atoms in total. The van der Waals surface area contributed by atoms with Crippen molar-refractivity contribution in [2.75, 3.05) is 0 Å². The van der Waals surface area contributed by atoms with E-state index >= 15 is 0 Å². The van der Waals surface area contributed by atoms with Gasteiger partial charge in [-0.2, -0.15) is 11.3 Å². The maximum atomic E-state index is 10.9. The van der Waals surface area contributed by atoms with Gasteiger partial charge in [0.05, 0.1) is 16.2 Å². The lowest BCUT2D eigenvalue weighted by Crippen LogP contribution is -1.92. The number of hydrogen-bond donors (Lipinski definition) is 0. The molecule has 2 heterocycles. The van der Waals surface area contributed by atoms with Crippen LogP contribution in [0.3, 0.4) is 0 Å². The van der Waals surface area contributed by atoms with Crippen LogP contribution in [0.25, 0.3) is 16.6 Å². The Morgan fingerprint density at radius 3 is 2.82 bits per heavy atom. The molecule has 4 heteroatoms. The van der Waals surface area contributed by atoms with Crippen molar-refractivity contribution in [1.29, 1.82) is 0 Å². The normalized spacial score (nSPS) is 10.9. The molecular weight excluding hydrogens is 254 g/mol. The Labute approximate surface area is 107 Å². The molecule has 0 spiro atoms. The van der Waals surface area contributed by atoms with E-state index in [9.17, 15) is 4.79 Å². The first kappa shape index (κ1) is 10.6. The molecule has 0 bridgehead atoms. The van der Waals surface area contributed by atoms with E-state index in [-0.39, 0.29) is 0 Å². The second-order valence-corrected chi connectivity index (χ2v) is 4.85. The van der Waals surface area contributed by atoms with Gasteiger partial charge in [-0.25, -0.2) is 0 Å². The molecule has 0 N–H and O–H groups in total. The summed E-state index contributed by atoms with van der Waals surface area (Å²) in [5.41, 5.74) is 2.47. The van der Waals surface area contributed by atoms with Crippen molar-refractivity contribution in [3.05, 3.63) is 51.8 Å². The third-order valence-electron chi connectivity index (χ3n) is 2.73. The molecule has 1 aromatic carbocycles. The summed E-state index contributed by atoms with van der Waals surface area (Å²) in [5, 5.41) is 5.60. The molecule has 0 aliphatic heterocycles. The molecule has 3 aromatic rings. The van der Waals surface area contributed by atoms with E-state index in [0.29, 0.717) is 10.6 Å². The quantitative estimate of drug-likeness (QED) is 0.635. The predicted octanol–water partition coefficient (Wildman–Crippen LogP) is 4.16. The van der Waals surface area contributed by atoms with E-state index in [1.807, 2.05) is 39.7 Å². The van der Waals surface area contributed by atoms with Crippen molar-refractivity contribution >= 4 is 40.1 Å². The Morgan fingerprint density at radius 1 is 1.24 bits per heavy atom. The monoisotopic (exact) mass is 261 g/mol. The van der Waals surface area contributed by atoms with Crippen LogP contribution in [-0.4, -0.2) is 10.9 Å². The van der Waals surface area contributed by atoms with Crippen molar-refractivity contribution in [3.8, 4) is 5.69 Å². The third-order valence-corrected chi connectivity index (χ3v) is 3.80. The van der Waals surface area contributed by atoms with E-state index in [1.54, 1.807) is 17.4 Å². The molecule has 2 aromatic heterocycles. The van der Waals surface area contributed by atoms with Crippen LogP contribution in [0, 0.1) is 0 Å². The molecule has 0 saturated heterocycles. The molecule has 3 rings (SSSR count). The van der Waals surface area contributed by atoms with Gasteiger partial charge < -0.3 is 4.57 Å². The van der Waals surface area contributed by atoms with Gasteiger partial charge in [-0.1, -0.05) is 17.7 Å². The zero-order chi connectivity index (χ0) is 11.8. The summed E-state index contributed by atoms with van der Waals surface area (Å²) in [7, 11) is 0. The smallest absolute Gasteiger partial charge is 0.151 e. The van der Waals surface area contributed by atoms with Gasteiger partial charge in [-0.05, 0) is 23.6 Å². The van der Waals surface area contributed by atoms with Crippen LogP contribution in [-0.2, 0) is 0 Å². The van der Waals surface area contributed by atoms with Crippen LogP contribution in [0.5, 0.6) is 0 Å². The van der Waals surface area contributed by atoms with E-state index in [1.165, 1.54) is 0 Å². The molecule has 0 radical (unpaired) electrons. The summed E-state index contributed by atoms with van der Waals surface area (Å²) in [6.07, 6.45) is 2.75. The Balaban J connectivity index is 2.37. The molecule has 17 heavy (non-hydrogen) atoms. The number of nitrogens with zero attached hydrogens (tertiary/aromatic N) is 1. The van der Waals surface area contributed by atoms with Gasteiger partial charge in [-0.15, -0.1) is 0 Å². The molecule has 0 saturated carbocycles. The van der Waals surface area contributed by atoms with Gasteiger partial charge in [0.15, 0.2) is 6.29 Å². The number of hydrogen-bond acceptors (Lipinski definition) is 2. The molecule has 0 aliphatic carbocycles. The van der Waals surface area contributed by atoms with Crippen LogP contribution in [0.2, 0.25) is 5.02 Å². The topological polar surface area (TPSA) is 22.0 Å². The Kier molecular flexibility index (Phi) is 2.50. The largest absolute Gasteiger partial charge is 0.314 e. The summed E-state index contributed by atoms with van der Waals surface area (Å²) < 4.78 is 2.00. The van der Waals surface area contributed by atoms with E-state index in [2.05, 4.69) is 0 Å². The summed E-state index contributed by atoms with van der Waals surface area (Å²) >= 11 is 7.89. The maximum Gasteiger partial charge on any atom is 0.151 e. The molecule has 0 amide bonds. The Bertz CT molecular complexity index is 685. The average Bonchev–Trinajstić information content (AvgIpc) is 2.97. The van der Waals surface area contributed by atoms with Crippen molar-refractivity contribution < 1.29 is 4.79 Å². The number of rotatable bonds is 2. The van der Waals surface area contributed by atoms with Gasteiger partial charge in [0.1, 0.15) is 0 Å². The highest BCUT2D eigenvalue weighted by atomic mass is 35.5. The highest BCUT2D eigenvalue weighted by Crippen LogP contribution is 2.30. The van der Waals surface area contributed by atoms with Crippen molar-refractivity contribution in [2.24, 2.45) is 0 Å². The number of aldehydes is 1. The number of aromatic nitrogens is 1. The minimum Gasteiger partial charge on any atom is -0.314 e. The van der Waals surface area contributed by atoms with Crippen molar-refractivity contribution in [1.82, 2.24) is 4.57 Å². The van der Waals surface area contributed by atoms with Crippen molar-refractivity contribution in [3.63, 3.8) is 0 Å². The number of carbonyl (C=O) groups excluding carboxylic acids is 1. The lowest BCUT2D eigenvalue weighted by atomic mass is 10.2. The lowest BCUT2D eigenvalue weighted by molar-refractivity contribution is 0.112. The standard InChI is InChI=1S/C13H8ClNOS/c14-12-10(7-16)2-1-9-3-5-15(13(9)12)11-4-6-17-8-11/h1-8H. The van der Waals surface area contributed by atoms with Gasteiger partial charge in [0.25, 0.3) is 0 Å². The van der Waals surface area contributed by atoms with Crippen LogP contribution in [0.1, 0.15) is 10.4 Å². The van der Waals surface area contributed by atoms with Crippen LogP contribution in [0.4, 0.5) is 0 Å². The van der Waals surface area contributed by atoms with Crippen LogP contribution < -0.4 is 0 Å². The van der Waals surface area contributed by atoms with E-state index < -0.39 is 0 Å². The Hall–Kier alpha value is -1.58. The molecular formula is C13H8ClNOS. The fraction of sp³-hybridized carbons (Fsp3) is 0. The van der Waals surface area contributed by atoms with Crippen LogP contribution in [0.15, 0.2) is 41.2 Å². The minimum atomic E-state index is 0.508. The first-order chi connectivity index (χ1) is 8.31. The van der Waals surface area contributed by atoms with Gasteiger partial charge in [0, 0.05) is 22.5 Å². The lowest BCUT2D eigenvalue weighted by Gasteiger charge is -2.05. The predicted molar refractivity (Wildman–Crippen MR) is 71.5 cm³/mol. The van der Waals surface area contributed by atoms with Gasteiger partial charge in [0.2, 0.25) is 0 Å². The molecule has 0 atom stereocenters. The second kappa shape index (κ2) is 4.02.